The van der Waals surface area contributed by atoms with Gasteiger partial charge in [-0.25, -0.2) is 0 Å². The van der Waals surface area contributed by atoms with Crippen molar-refractivity contribution in [3.05, 3.63) is 0 Å². The number of nitrogens with two attached hydrogens (primary N) is 1. The molecule has 4 nitrogen and oxygen atoms in total. The summed E-state index contributed by atoms with van der Waals surface area (Å²) in [5.41, 5.74) is 5.79. The van der Waals surface area contributed by atoms with Gasteiger partial charge in [0.1, 0.15) is 0 Å². The second-order valence-electron chi connectivity index (χ2n) is 5.99. The molecular formula is C15H28N2O2. The third-order valence-electron chi connectivity index (χ3n) is 4.67. The smallest absolute Gasteiger partial charge is 0.226 e. The zero-order valence-corrected chi connectivity index (χ0v) is 12.1. The van der Waals surface area contributed by atoms with E-state index in [-0.39, 0.29) is 5.92 Å². The molecule has 0 spiro atoms. The number of piperidine rings is 1. The van der Waals surface area contributed by atoms with Gasteiger partial charge in [-0.05, 0) is 51.0 Å². The monoisotopic (exact) mass is 268 g/mol. The van der Waals surface area contributed by atoms with Crippen LogP contribution in [-0.4, -0.2) is 43.7 Å². The average molecular weight is 268 g/mol. The summed E-state index contributed by atoms with van der Waals surface area (Å²) < 4.78 is 5.51. The summed E-state index contributed by atoms with van der Waals surface area (Å²) in [6.45, 7) is 6.05. The fourth-order valence-corrected chi connectivity index (χ4v) is 3.56. The van der Waals surface area contributed by atoms with Gasteiger partial charge in [0.15, 0.2) is 0 Å². The number of amides is 1. The third kappa shape index (κ3) is 3.69. The minimum atomic E-state index is 0.191. The van der Waals surface area contributed by atoms with E-state index in [4.69, 9.17) is 10.5 Å². The van der Waals surface area contributed by atoms with Crippen LogP contribution in [0.4, 0.5) is 0 Å². The molecule has 0 aromatic rings. The van der Waals surface area contributed by atoms with Gasteiger partial charge >= 0.3 is 0 Å². The lowest BCUT2D eigenvalue weighted by atomic mass is 9.92. The molecule has 2 rings (SSSR count). The molecule has 1 unspecified atom stereocenters. The topological polar surface area (TPSA) is 55.6 Å². The summed E-state index contributed by atoms with van der Waals surface area (Å²) in [5, 5.41) is 0. The van der Waals surface area contributed by atoms with Crippen LogP contribution in [0.2, 0.25) is 0 Å². The molecule has 2 N–H and O–H groups in total. The number of carbonyl (C=O) groups is 1. The largest absolute Gasteiger partial charge is 0.381 e. The Bertz CT molecular complexity index is 296. The quantitative estimate of drug-likeness (QED) is 0.824. The molecule has 110 valence electrons. The standard InChI is InChI=1S/C15H28N2O2/c1-2-19-11-12-5-4-8-17(10-12)15(18)14-7-3-6-13(14)9-16/h12-14H,2-11,16H2,1H3/t12?,13-,14-/m1/s1. The van der Waals surface area contributed by atoms with Crippen LogP contribution >= 0.6 is 0 Å². The number of likely N-dealkylation sites (tertiary alicyclic amines) is 1. The first kappa shape index (κ1) is 14.8. The van der Waals surface area contributed by atoms with Crippen molar-refractivity contribution >= 4 is 5.91 Å². The molecule has 0 bridgehead atoms. The van der Waals surface area contributed by atoms with Gasteiger partial charge in [-0.2, -0.15) is 0 Å². The molecule has 1 aliphatic carbocycles. The fraction of sp³-hybridized carbons (Fsp3) is 0.933. The van der Waals surface area contributed by atoms with Gasteiger partial charge in [0.25, 0.3) is 0 Å². The molecule has 1 amide bonds. The van der Waals surface area contributed by atoms with E-state index in [1.54, 1.807) is 0 Å². The van der Waals surface area contributed by atoms with E-state index < -0.39 is 0 Å². The molecular weight excluding hydrogens is 240 g/mol. The van der Waals surface area contributed by atoms with Crippen molar-refractivity contribution in [3.8, 4) is 0 Å². The highest BCUT2D eigenvalue weighted by atomic mass is 16.5. The first-order valence-electron chi connectivity index (χ1n) is 7.82. The number of ether oxygens (including phenoxy) is 1. The molecule has 4 heteroatoms. The van der Waals surface area contributed by atoms with Crippen LogP contribution in [0.5, 0.6) is 0 Å². The van der Waals surface area contributed by atoms with E-state index in [1.807, 2.05) is 6.92 Å². The molecule has 19 heavy (non-hydrogen) atoms. The van der Waals surface area contributed by atoms with Crippen LogP contribution in [0.15, 0.2) is 0 Å². The van der Waals surface area contributed by atoms with Crippen LogP contribution in [-0.2, 0) is 9.53 Å². The molecule has 2 aliphatic rings. The van der Waals surface area contributed by atoms with Gasteiger partial charge in [0, 0.05) is 25.6 Å². The molecule has 0 aromatic heterocycles. The molecule has 1 saturated heterocycles. The maximum Gasteiger partial charge on any atom is 0.226 e. The first-order valence-corrected chi connectivity index (χ1v) is 7.82. The SMILES string of the molecule is CCOCC1CCCN(C(=O)[C@@H]2CCC[C@@H]2CN)C1. The van der Waals surface area contributed by atoms with Gasteiger partial charge in [-0.1, -0.05) is 6.42 Å². The minimum Gasteiger partial charge on any atom is -0.381 e. The third-order valence-corrected chi connectivity index (χ3v) is 4.67. The molecule has 3 atom stereocenters. The normalized spacial score (nSPS) is 31.7. The highest BCUT2D eigenvalue weighted by Gasteiger charge is 2.36. The van der Waals surface area contributed by atoms with Crippen molar-refractivity contribution in [2.75, 3.05) is 32.8 Å². The van der Waals surface area contributed by atoms with Crippen LogP contribution in [0.1, 0.15) is 39.0 Å². The van der Waals surface area contributed by atoms with E-state index in [0.717, 1.165) is 52.0 Å². The van der Waals surface area contributed by atoms with Gasteiger partial charge < -0.3 is 15.4 Å². The lowest BCUT2D eigenvalue weighted by Crippen LogP contribution is -2.45. The van der Waals surface area contributed by atoms with Crippen molar-refractivity contribution in [2.45, 2.75) is 39.0 Å². The van der Waals surface area contributed by atoms with E-state index in [2.05, 4.69) is 4.90 Å². The second-order valence-corrected chi connectivity index (χ2v) is 5.99. The van der Waals surface area contributed by atoms with Gasteiger partial charge in [-0.3, -0.25) is 4.79 Å². The highest BCUT2D eigenvalue weighted by molar-refractivity contribution is 5.79. The number of carbonyl (C=O) groups excluding carboxylic acids is 1. The van der Waals surface area contributed by atoms with Crippen LogP contribution in [0, 0.1) is 17.8 Å². The number of nitrogens with zero attached hydrogens (tertiary/aromatic N) is 1. The summed E-state index contributed by atoms with van der Waals surface area (Å²) in [6.07, 6.45) is 5.63. The van der Waals surface area contributed by atoms with E-state index in [9.17, 15) is 4.79 Å². The summed E-state index contributed by atoms with van der Waals surface area (Å²) in [6, 6.07) is 0. The van der Waals surface area contributed by atoms with Crippen LogP contribution in [0.3, 0.4) is 0 Å². The summed E-state index contributed by atoms with van der Waals surface area (Å²) >= 11 is 0. The molecule has 1 heterocycles. The number of hydrogen-bond donors (Lipinski definition) is 1. The van der Waals surface area contributed by atoms with Crippen molar-refractivity contribution in [1.29, 1.82) is 0 Å². The Labute approximate surface area is 116 Å². The highest BCUT2D eigenvalue weighted by Crippen LogP contribution is 2.33. The minimum absolute atomic E-state index is 0.191. The summed E-state index contributed by atoms with van der Waals surface area (Å²) in [5.74, 6) is 1.49. The molecule has 2 fully saturated rings. The predicted molar refractivity (Wildman–Crippen MR) is 75.7 cm³/mol. The number of rotatable bonds is 5. The second kappa shape index (κ2) is 7.25. The maximum absolute atomic E-state index is 12.6. The Kier molecular flexibility index (Phi) is 5.64. The van der Waals surface area contributed by atoms with Crippen molar-refractivity contribution in [2.24, 2.45) is 23.5 Å². The molecule has 0 radical (unpaired) electrons. The van der Waals surface area contributed by atoms with Gasteiger partial charge in [0.05, 0.1) is 6.61 Å². The van der Waals surface area contributed by atoms with Crippen LogP contribution in [0.25, 0.3) is 0 Å². The summed E-state index contributed by atoms with van der Waals surface area (Å²) in [7, 11) is 0. The first-order chi connectivity index (χ1) is 9.26. The maximum atomic E-state index is 12.6. The molecule has 0 aromatic carbocycles. The Balaban J connectivity index is 1.87. The Morgan fingerprint density at radius 3 is 2.89 bits per heavy atom. The van der Waals surface area contributed by atoms with Gasteiger partial charge in [0.2, 0.25) is 5.91 Å². The lowest BCUT2D eigenvalue weighted by molar-refractivity contribution is -0.138. The van der Waals surface area contributed by atoms with Gasteiger partial charge in [-0.15, -0.1) is 0 Å². The average Bonchev–Trinajstić information content (AvgIpc) is 2.93. The van der Waals surface area contributed by atoms with E-state index in [1.165, 1.54) is 6.42 Å². The summed E-state index contributed by atoms with van der Waals surface area (Å²) in [4.78, 5) is 14.7. The number of hydrogen-bond acceptors (Lipinski definition) is 3. The predicted octanol–water partition coefficient (Wildman–Crippen LogP) is 1.64. The van der Waals surface area contributed by atoms with Crippen molar-refractivity contribution in [1.82, 2.24) is 4.90 Å². The zero-order chi connectivity index (χ0) is 13.7. The Morgan fingerprint density at radius 1 is 1.32 bits per heavy atom. The van der Waals surface area contributed by atoms with E-state index in [0.29, 0.717) is 24.3 Å². The fourth-order valence-electron chi connectivity index (χ4n) is 3.56. The Hall–Kier alpha value is -0.610. The molecule has 1 saturated carbocycles. The van der Waals surface area contributed by atoms with E-state index >= 15 is 0 Å². The van der Waals surface area contributed by atoms with Crippen LogP contribution < -0.4 is 5.73 Å². The van der Waals surface area contributed by atoms with Crippen molar-refractivity contribution in [3.63, 3.8) is 0 Å². The Morgan fingerprint density at radius 2 is 2.16 bits per heavy atom. The molecule has 1 aliphatic heterocycles. The van der Waals surface area contributed by atoms with Crippen molar-refractivity contribution < 1.29 is 9.53 Å². The zero-order valence-electron chi connectivity index (χ0n) is 12.1. The lowest BCUT2D eigenvalue weighted by Gasteiger charge is -2.35.